The molecule has 2 rings (SSSR count). The fourth-order valence-electron chi connectivity index (χ4n) is 3.30. The van der Waals surface area contributed by atoms with Crippen LogP contribution in [-0.2, 0) is 10.2 Å². The molecule has 0 spiro atoms. The van der Waals surface area contributed by atoms with E-state index < -0.39 is 5.41 Å². The molecule has 0 bridgehead atoms. The molecule has 0 aliphatic carbocycles. The molecule has 0 fully saturated rings. The van der Waals surface area contributed by atoms with Gasteiger partial charge in [0.25, 0.3) is 0 Å². The van der Waals surface area contributed by atoms with E-state index in [1.807, 2.05) is 50.2 Å². The number of carbonyl (C=O) groups excluding carboxylic acids is 1. The fourth-order valence-corrected chi connectivity index (χ4v) is 3.30. The zero-order chi connectivity index (χ0) is 19.4. The summed E-state index contributed by atoms with van der Waals surface area (Å²) >= 11 is 0. The number of quaternary nitrogens is 1. The van der Waals surface area contributed by atoms with Crippen molar-refractivity contribution in [3.05, 3.63) is 71.8 Å². The summed E-state index contributed by atoms with van der Waals surface area (Å²) in [7, 11) is 6.56. The maximum absolute atomic E-state index is 13.6. The lowest BCUT2D eigenvalue weighted by molar-refractivity contribution is -0.894. The number of benzene rings is 2. The van der Waals surface area contributed by atoms with Gasteiger partial charge in [0, 0.05) is 12.5 Å². The van der Waals surface area contributed by atoms with Crippen LogP contribution < -0.4 is 5.32 Å². The van der Waals surface area contributed by atoms with Crippen LogP contribution in [0.25, 0.3) is 0 Å². The lowest BCUT2D eigenvalue weighted by atomic mass is 9.69. The van der Waals surface area contributed by atoms with E-state index in [1.165, 1.54) is 0 Å². The van der Waals surface area contributed by atoms with Crippen LogP contribution in [0.1, 0.15) is 38.3 Å². The molecule has 0 heterocycles. The van der Waals surface area contributed by atoms with Gasteiger partial charge in [-0.3, -0.25) is 4.79 Å². The van der Waals surface area contributed by atoms with Gasteiger partial charge in [-0.25, -0.2) is 0 Å². The van der Waals surface area contributed by atoms with Crippen molar-refractivity contribution in [1.82, 2.24) is 5.32 Å². The third-order valence-corrected chi connectivity index (χ3v) is 5.26. The maximum Gasteiger partial charge on any atom is 0.235 e. The predicted octanol–water partition coefficient (Wildman–Crippen LogP) is 3.98. The third-order valence-electron chi connectivity index (χ3n) is 5.26. The number of nitrogens with zero attached hydrogens (tertiary/aromatic N) is 1. The second-order valence-corrected chi connectivity index (χ2v) is 8.43. The van der Waals surface area contributed by atoms with Crippen molar-refractivity contribution in [2.45, 2.75) is 44.7 Å². The Balaban J connectivity index is 2.69. The Hall–Kier alpha value is -2.13. The standard InChI is InChI=1S/C23H32N2O/c1-18(2)24-22(26)23(17-19(3)25(4,5)6,20-13-9-7-10-14-20)21-15-11-8-12-16-21/h7-16,18-19H,17H2,1-6H3/p+1. The molecule has 2 aromatic carbocycles. The van der Waals surface area contributed by atoms with Crippen molar-refractivity contribution < 1.29 is 9.28 Å². The van der Waals surface area contributed by atoms with Gasteiger partial charge in [0.2, 0.25) is 5.91 Å². The molecule has 0 aliphatic rings. The van der Waals surface area contributed by atoms with Crippen molar-refractivity contribution in [2.75, 3.05) is 21.1 Å². The molecule has 3 heteroatoms. The normalized spacial score (nSPS) is 13.5. The quantitative estimate of drug-likeness (QED) is 0.750. The lowest BCUT2D eigenvalue weighted by Gasteiger charge is -2.40. The average Bonchev–Trinajstić information content (AvgIpc) is 2.59. The summed E-state index contributed by atoms with van der Waals surface area (Å²) in [4.78, 5) is 13.6. The van der Waals surface area contributed by atoms with Gasteiger partial charge in [0.05, 0.1) is 27.2 Å². The largest absolute Gasteiger partial charge is 0.353 e. The van der Waals surface area contributed by atoms with E-state index in [1.54, 1.807) is 0 Å². The minimum Gasteiger partial charge on any atom is -0.353 e. The number of hydrogen-bond donors (Lipinski definition) is 1. The molecule has 140 valence electrons. The second kappa shape index (κ2) is 8.05. The van der Waals surface area contributed by atoms with Gasteiger partial charge in [-0.2, -0.15) is 0 Å². The van der Waals surface area contributed by atoms with E-state index in [9.17, 15) is 4.79 Å². The SMILES string of the molecule is CC(C)NC(=O)C(CC(C)[N+](C)(C)C)(c1ccccc1)c1ccccc1. The van der Waals surface area contributed by atoms with Crippen LogP contribution in [0.2, 0.25) is 0 Å². The minimum absolute atomic E-state index is 0.0743. The maximum atomic E-state index is 13.6. The van der Waals surface area contributed by atoms with Crippen molar-refractivity contribution in [2.24, 2.45) is 0 Å². The van der Waals surface area contributed by atoms with Gasteiger partial charge in [-0.15, -0.1) is 0 Å². The highest BCUT2D eigenvalue weighted by Crippen LogP contribution is 2.38. The molecule has 0 aliphatic heterocycles. The molecule has 1 N–H and O–H groups in total. The minimum atomic E-state index is -0.711. The van der Waals surface area contributed by atoms with Crippen molar-refractivity contribution in [3.8, 4) is 0 Å². The molecule has 1 unspecified atom stereocenters. The van der Waals surface area contributed by atoms with Crippen LogP contribution in [0.5, 0.6) is 0 Å². The first-order valence-corrected chi connectivity index (χ1v) is 9.41. The van der Waals surface area contributed by atoms with E-state index in [2.05, 4.69) is 57.6 Å². The average molecular weight is 354 g/mol. The highest BCUT2D eigenvalue weighted by molar-refractivity contribution is 5.92. The molecule has 0 saturated heterocycles. The molecule has 1 amide bonds. The summed E-state index contributed by atoms with van der Waals surface area (Å²) < 4.78 is 0.802. The molecular weight excluding hydrogens is 320 g/mol. The first-order valence-electron chi connectivity index (χ1n) is 9.41. The third kappa shape index (κ3) is 4.34. The van der Waals surface area contributed by atoms with E-state index >= 15 is 0 Å². The highest BCUT2D eigenvalue weighted by atomic mass is 16.2. The Labute approximate surface area is 158 Å². The molecule has 0 aromatic heterocycles. The number of nitrogens with one attached hydrogen (secondary N) is 1. The zero-order valence-corrected chi connectivity index (χ0v) is 17.0. The Morgan fingerprint density at radius 3 is 1.65 bits per heavy atom. The van der Waals surface area contributed by atoms with Crippen LogP contribution in [0.15, 0.2) is 60.7 Å². The van der Waals surface area contributed by atoms with Gasteiger partial charge < -0.3 is 9.80 Å². The summed E-state index contributed by atoms with van der Waals surface area (Å²) in [5, 5.41) is 3.19. The Kier molecular flexibility index (Phi) is 6.25. The van der Waals surface area contributed by atoms with Gasteiger partial charge >= 0.3 is 0 Å². The fraction of sp³-hybridized carbons (Fsp3) is 0.435. The van der Waals surface area contributed by atoms with Gasteiger partial charge in [0.1, 0.15) is 5.41 Å². The van der Waals surface area contributed by atoms with E-state index in [0.717, 1.165) is 22.0 Å². The second-order valence-electron chi connectivity index (χ2n) is 8.43. The zero-order valence-electron chi connectivity index (χ0n) is 17.0. The number of rotatable bonds is 7. The number of hydrogen-bond acceptors (Lipinski definition) is 1. The van der Waals surface area contributed by atoms with E-state index in [0.29, 0.717) is 6.04 Å². The van der Waals surface area contributed by atoms with E-state index in [-0.39, 0.29) is 11.9 Å². The Morgan fingerprint density at radius 1 is 0.885 bits per heavy atom. The van der Waals surface area contributed by atoms with Crippen LogP contribution in [0, 0.1) is 0 Å². The first-order chi connectivity index (χ1) is 12.2. The summed E-state index contributed by atoms with van der Waals surface area (Å²) in [5.74, 6) is 0.0743. The molecule has 0 saturated carbocycles. The molecule has 2 aromatic rings. The molecule has 0 radical (unpaired) electrons. The Morgan fingerprint density at radius 2 is 1.31 bits per heavy atom. The van der Waals surface area contributed by atoms with Crippen LogP contribution in [-0.4, -0.2) is 43.6 Å². The Bertz CT molecular complexity index is 662. The number of carbonyl (C=O) groups is 1. The summed E-state index contributed by atoms with van der Waals surface area (Å²) in [6.07, 6.45) is 0.739. The lowest BCUT2D eigenvalue weighted by Crippen LogP contribution is -2.53. The van der Waals surface area contributed by atoms with Crippen molar-refractivity contribution in [3.63, 3.8) is 0 Å². The molecule has 26 heavy (non-hydrogen) atoms. The predicted molar refractivity (Wildman–Crippen MR) is 109 cm³/mol. The van der Waals surface area contributed by atoms with Gasteiger partial charge in [-0.05, 0) is 31.9 Å². The summed E-state index contributed by atoms with van der Waals surface area (Å²) in [6, 6.07) is 20.8. The van der Waals surface area contributed by atoms with Crippen molar-refractivity contribution in [1.29, 1.82) is 0 Å². The molecular formula is C23H33N2O+. The highest BCUT2D eigenvalue weighted by Gasteiger charge is 2.45. The van der Waals surface area contributed by atoms with Crippen molar-refractivity contribution >= 4 is 5.91 Å². The topological polar surface area (TPSA) is 29.1 Å². The van der Waals surface area contributed by atoms with E-state index in [4.69, 9.17) is 0 Å². The van der Waals surface area contributed by atoms with Crippen LogP contribution in [0.4, 0.5) is 0 Å². The summed E-state index contributed by atoms with van der Waals surface area (Å²) in [5.41, 5.74) is 1.38. The molecule has 3 nitrogen and oxygen atoms in total. The van der Waals surface area contributed by atoms with Crippen LogP contribution in [0.3, 0.4) is 0 Å². The summed E-state index contributed by atoms with van der Waals surface area (Å²) in [6.45, 7) is 6.26. The first kappa shape index (κ1) is 20.2. The smallest absolute Gasteiger partial charge is 0.235 e. The van der Waals surface area contributed by atoms with Gasteiger partial charge in [-0.1, -0.05) is 60.7 Å². The van der Waals surface area contributed by atoms with Crippen LogP contribution >= 0.6 is 0 Å². The molecule has 1 atom stereocenters. The monoisotopic (exact) mass is 353 g/mol. The number of amides is 1. The van der Waals surface area contributed by atoms with Gasteiger partial charge in [0.15, 0.2) is 0 Å².